The van der Waals surface area contributed by atoms with Gasteiger partial charge in [0.25, 0.3) is 10.0 Å². The fraction of sp³-hybridized carbons (Fsp3) is 0.412. The highest BCUT2D eigenvalue weighted by Crippen LogP contribution is 2.27. The van der Waals surface area contributed by atoms with E-state index in [4.69, 9.17) is 0 Å². The molecule has 7 nitrogen and oxygen atoms in total. The summed E-state index contributed by atoms with van der Waals surface area (Å²) in [6, 6.07) is 20.7. The molecule has 0 heterocycles. The van der Waals surface area contributed by atoms with Crippen molar-refractivity contribution in [2.45, 2.75) is 89.7 Å². The van der Waals surface area contributed by atoms with Crippen LogP contribution < -0.4 is 9.62 Å². The fourth-order valence-electron chi connectivity index (χ4n) is 5.56. The summed E-state index contributed by atoms with van der Waals surface area (Å²) in [7, 11) is -4.08. The zero-order valence-electron chi connectivity index (χ0n) is 25.2. The second-order valence-electron chi connectivity index (χ2n) is 11.3. The van der Waals surface area contributed by atoms with Crippen molar-refractivity contribution in [1.29, 1.82) is 0 Å². The number of sulfonamides is 1. The molecular weight excluding hydrogens is 546 g/mol. The number of hydrogen-bond acceptors (Lipinski definition) is 4. The van der Waals surface area contributed by atoms with Crippen LogP contribution in [0.2, 0.25) is 0 Å². The molecule has 4 rings (SSSR count). The van der Waals surface area contributed by atoms with Crippen molar-refractivity contribution in [3.8, 4) is 0 Å². The molecule has 3 aromatic carbocycles. The van der Waals surface area contributed by atoms with Gasteiger partial charge in [0, 0.05) is 12.6 Å². The number of aryl methyl sites for hydroxylation is 3. The molecule has 3 aromatic rings. The van der Waals surface area contributed by atoms with Gasteiger partial charge in [-0.25, -0.2) is 8.42 Å². The first-order chi connectivity index (χ1) is 20.1. The van der Waals surface area contributed by atoms with Gasteiger partial charge in [-0.1, -0.05) is 74.7 Å². The van der Waals surface area contributed by atoms with Crippen LogP contribution in [-0.4, -0.2) is 43.8 Å². The molecule has 0 aliphatic heterocycles. The Balaban J connectivity index is 1.72. The van der Waals surface area contributed by atoms with Crippen LogP contribution in [0.1, 0.15) is 67.7 Å². The molecule has 0 bridgehead atoms. The van der Waals surface area contributed by atoms with Crippen molar-refractivity contribution in [3.05, 3.63) is 95.1 Å². The quantitative estimate of drug-likeness (QED) is 0.294. The molecule has 1 N–H and O–H groups in total. The Bertz CT molecular complexity index is 1480. The van der Waals surface area contributed by atoms with E-state index < -0.39 is 28.5 Å². The van der Waals surface area contributed by atoms with Crippen LogP contribution in [0, 0.1) is 20.8 Å². The van der Waals surface area contributed by atoms with Crippen LogP contribution in [0.5, 0.6) is 0 Å². The van der Waals surface area contributed by atoms with Gasteiger partial charge in [-0.3, -0.25) is 13.9 Å². The molecule has 0 unspecified atom stereocenters. The van der Waals surface area contributed by atoms with Gasteiger partial charge in [0.15, 0.2) is 0 Å². The molecular formula is C34H43N3O4S. The minimum atomic E-state index is -4.08. The lowest BCUT2D eigenvalue weighted by atomic mass is 9.95. The average Bonchev–Trinajstić information content (AvgIpc) is 2.99. The third kappa shape index (κ3) is 7.40. The van der Waals surface area contributed by atoms with E-state index in [2.05, 4.69) is 5.32 Å². The highest BCUT2D eigenvalue weighted by atomic mass is 32.2. The number of carbonyl (C=O) groups is 2. The lowest BCUT2D eigenvalue weighted by molar-refractivity contribution is -0.140. The first-order valence-electron chi connectivity index (χ1n) is 14.9. The summed E-state index contributed by atoms with van der Waals surface area (Å²) in [6.45, 7) is 7.52. The Kier molecular flexibility index (Phi) is 10.4. The Morgan fingerprint density at radius 2 is 1.52 bits per heavy atom. The maximum Gasteiger partial charge on any atom is 0.264 e. The van der Waals surface area contributed by atoms with Crippen LogP contribution in [0.25, 0.3) is 0 Å². The van der Waals surface area contributed by atoms with Gasteiger partial charge in [-0.2, -0.15) is 0 Å². The molecule has 1 aliphatic rings. The fourth-order valence-corrected chi connectivity index (χ4v) is 6.99. The number of rotatable bonds is 11. The first kappa shape index (κ1) is 31.3. The van der Waals surface area contributed by atoms with Crippen LogP contribution in [0.4, 0.5) is 5.69 Å². The number of amides is 2. The minimum Gasteiger partial charge on any atom is -0.352 e. The standard InChI is InChI=1S/C34H43N3O4S/c1-5-32(34(39)35-29-16-8-6-9-17-29)36(23-28-15-13-12-14-26(28)3)33(38)24-37(30-21-20-25(2)27(4)22-30)42(40,41)31-18-10-7-11-19-31/h7,10-15,18-22,29,32H,5-6,8-9,16-17,23-24H2,1-4H3,(H,35,39)/t32-/m1/s1. The second kappa shape index (κ2) is 14.0. The highest BCUT2D eigenvalue weighted by Gasteiger charge is 2.34. The lowest BCUT2D eigenvalue weighted by Gasteiger charge is -2.35. The molecule has 224 valence electrons. The molecule has 1 saturated carbocycles. The van der Waals surface area contributed by atoms with E-state index in [-0.39, 0.29) is 23.4 Å². The maximum absolute atomic E-state index is 14.3. The third-order valence-electron chi connectivity index (χ3n) is 8.33. The zero-order chi connectivity index (χ0) is 30.3. The largest absolute Gasteiger partial charge is 0.352 e. The number of benzene rings is 3. The summed E-state index contributed by atoms with van der Waals surface area (Å²) in [5, 5.41) is 3.20. The average molecular weight is 590 g/mol. The van der Waals surface area contributed by atoms with Crippen molar-refractivity contribution in [3.63, 3.8) is 0 Å². The summed E-state index contributed by atoms with van der Waals surface area (Å²) in [4.78, 5) is 29.7. The van der Waals surface area contributed by atoms with E-state index in [1.54, 1.807) is 35.2 Å². The molecule has 2 amide bonds. The monoisotopic (exact) mass is 589 g/mol. The van der Waals surface area contributed by atoms with E-state index in [1.165, 1.54) is 22.9 Å². The summed E-state index contributed by atoms with van der Waals surface area (Å²) in [5.74, 6) is -0.614. The normalized spacial score (nSPS) is 14.7. The van der Waals surface area contributed by atoms with E-state index in [0.29, 0.717) is 12.1 Å². The first-order valence-corrected chi connectivity index (χ1v) is 16.3. The van der Waals surface area contributed by atoms with E-state index in [0.717, 1.165) is 47.9 Å². The van der Waals surface area contributed by atoms with Gasteiger partial charge >= 0.3 is 0 Å². The molecule has 1 atom stereocenters. The number of hydrogen-bond donors (Lipinski definition) is 1. The van der Waals surface area contributed by atoms with Crippen LogP contribution >= 0.6 is 0 Å². The molecule has 1 fully saturated rings. The van der Waals surface area contributed by atoms with Crippen molar-refractivity contribution >= 4 is 27.5 Å². The van der Waals surface area contributed by atoms with E-state index >= 15 is 0 Å². The van der Waals surface area contributed by atoms with Gasteiger partial charge in [-0.05, 0) is 86.6 Å². The SMILES string of the molecule is CC[C@H](C(=O)NC1CCCCC1)N(Cc1ccccc1C)C(=O)CN(c1ccc(C)c(C)c1)S(=O)(=O)c1ccccc1. The molecule has 42 heavy (non-hydrogen) atoms. The molecule has 0 spiro atoms. The molecule has 0 saturated heterocycles. The van der Waals surface area contributed by atoms with Crippen molar-refractivity contribution in [2.75, 3.05) is 10.8 Å². The number of nitrogens with zero attached hydrogens (tertiary/aromatic N) is 2. The summed E-state index contributed by atoms with van der Waals surface area (Å²) in [5.41, 5.74) is 4.27. The van der Waals surface area contributed by atoms with Crippen LogP contribution in [0.3, 0.4) is 0 Å². The zero-order valence-corrected chi connectivity index (χ0v) is 26.0. The van der Waals surface area contributed by atoms with Crippen molar-refractivity contribution in [1.82, 2.24) is 10.2 Å². The van der Waals surface area contributed by atoms with Crippen molar-refractivity contribution in [2.24, 2.45) is 0 Å². The summed E-state index contributed by atoms with van der Waals surface area (Å²) >= 11 is 0. The molecule has 0 radical (unpaired) electrons. The summed E-state index contributed by atoms with van der Waals surface area (Å²) in [6.07, 6.45) is 5.61. The Morgan fingerprint density at radius 1 is 0.857 bits per heavy atom. The number of carbonyl (C=O) groups excluding carboxylic acids is 2. The van der Waals surface area contributed by atoms with Crippen molar-refractivity contribution < 1.29 is 18.0 Å². The number of anilines is 1. The van der Waals surface area contributed by atoms with E-state index in [9.17, 15) is 18.0 Å². The number of nitrogens with one attached hydrogen (secondary N) is 1. The Labute approximate surface area is 251 Å². The molecule has 8 heteroatoms. The summed E-state index contributed by atoms with van der Waals surface area (Å²) < 4.78 is 29.2. The minimum absolute atomic E-state index is 0.0983. The Hall–Kier alpha value is -3.65. The molecule has 1 aliphatic carbocycles. The van der Waals surface area contributed by atoms with E-state index in [1.807, 2.05) is 58.0 Å². The molecule has 0 aromatic heterocycles. The topological polar surface area (TPSA) is 86.8 Å². The highest BCUT2D eigenvalue weighted by molar-refractivity contribution is 7.92. The predicted molar refractivity (Wildman–Crippen MR) is 168 cm³/mol. The van der Waals surface area contributed by atoms with Gasteiger partial charge in [-0.15, -0.1) is 0 Å². The van der Waals surface area contributed by atoms with Gasteiger partial charge < -0.3 is 10.2 Å². The second-order valence-corrected chi connectivity index (χ2v) is 13.2. The maximum atomic E-state index is 14.3. The third-order valence-corrected chi connectivity index (χ3v) is 10.1. The van der Waals surface area contributed by atoms with Gasteiger partial charge in [0.1, 0.15) is 12.6 Å². The predicted octanol–water partition coefficient (Wildman–Crippen LogP) is 6.06. The van der Waals surface area contributed by atoms with Gasteiger partial charge in [0.2, 0.25) is 11.8 Å². The van der Waals surface area contributed by atoms with Crippen LogP contribution in [0.15, 0.2) is 77.7 Å². The van der Waals surface area contributed by atoms with Crippen LogP contribution in [-0.2, 0) is 26.2 Å². The van der Waals surface area contributed by atoms with Gasteiger partial charge in [0.05, 0.1) is 10.6 Å². The lowest BCUT2D eigenvalue weighted by Crippen LogP contribution is -2.54. The Morgan fingerprint density at radius 3 is 2.17 bits per heavy atom. The smallest absolute Gasteiger partial charge is 0.264 e.